The molecule has 0 aliphatic heterocycles. The summed E-state index contributed by atoms with van der Waals surface area (Å²) in [7, 11) is 1.67. The number of aromatic amines is 1. The summed E-state index contributed by atoms with van der Waals surface area (Å²) in [6.45, 7) is 8.02. The van der Waals surface area contributed by atoms with Crippen LogP contribution < -0.4 is 10.3 Å². The molecule has 206 valence electrons. The van der Waals surface area contributed by atoms with Gasteiger partial charge in [0.05, 0.1) is 13.2 Å². The van der Waals surface area contributed by atoms with Gasteiger partial charge in [-0.2, -0.15) is 0 Å². The second-order valence-electron chi connectivity index (χ2n) is 10.3. The monoisotopic (exact) mass is 536 g/mol. The molecule has 0 fully saturated rings. The lowest BCUT2D eigenvalue weighted by Crippen LogP contribution is -2.32. The lowest BCUT2D eigenvalue weighted by atomic mass is 10.0. The van der Waals surface area contributed by atoms with Gasteiger partial charge >= 0.3 is 0 Å². The first kappa shape index (κ1) is 27.3. The zero-order valence-electron chi connectivity index (χ0n) is 23.6. The molecule has 0 aliphatic carbocycles. The minimum Gasteiger partial charge on any atom is -0.497 e. The van der Waals surface area contributed by atoms with E-state index in [9.17, 15) is 4.79 Å². The zero-order chi connectivity index (χ0) is 28.1. The standard InChI is InChI=1S/C32H36N6O2/c1-5-30(31-34-35-36-38(31)16-15-24-9-7-6-8-10-24)37(20-25-11-13-27(40-4)14-12-25)21-26-19-28-23(3)17-22(2)18-29(28)33-32(26)39/h6-14,17-19,30H,5,15-16,20-21H2,1-4H3,(H,33,39). The minimum atomic E-state index is -0.0953. The molecule has 0 saturated heterocycles. The van der Waals surface area contributed by atoms with Gasteiger partial charge in [-0.25, -0.2) is 4.68 Å². The van der Waals surface area contributed by atoms with E-state index in [1.165, 1.54) is 5.56 Å². The first-order valence-corrected chi connectivity index (χ1v) is 13.7. The van der Waals surface area contributed by atoms with Crippen molar-refractivity contribution in [1.29, 1.82) is 0 Å². The molecule has 1 N–H and O–H groups in total. The van der Waals surface area contributed by atoms with Crippen molar-refractivity contribution in [3.63, 3.8) is 0 Å². The fourth-order valence-corrected chi connectivity index (χ4v) is 5.39. The summed E-state index contributed by atoms with van der Waals surface area (Å²) in [6, 6.07) is 24.5. The van der Waals surface area contributed by atoms with E-state index >= 15 is 0 Å². The summed E-state index contributed by atoms with van der Waals surface area (Å²) in [5, 5.41) is 13.9. The largest absolute Gasteiger partial charge is 0.497 e. The molecule has 5 rings (SSSR count). The molecule has 0 radical (unpaired) electrons. The summed E-state index contributed by atoms with van der Waals surface area (Å²) in [5.74, 6) is 1.61. The Balaban J connectivity index is 1.49. The van der Waals surface area contributed by atoms with Crippen molar-refractivity contribution in [2.24, 2.45) is 0 Å². The van der Waals surface area contributed by atoms with Gasteiger partial charge in [-0.05, 0) is 83.6 Å². The predicted molar refractivity (Wildman–Crippen MR) is 157 cm³/mol. The Labute approximate surface area is 234 Å². The van der Waals surface area contributed by atoms with Crippen LogP contribution in [0.2, 0.25) is 0 Å². The van der Waals surface area contributed by atoms with Gasteiger partial charge in [0.1, 0.15) is 5.75 Å². The smallest absolute Gasteiger partial charge is 0.252 e. The topological polar surface area (TPSA) is 88.9 Å². The van der Waals surface area contributed by atoms with Crippen molar-refractivity contribution in [2.45, 2.75) is 59.3 Å². The third-order valence-corrected chi connectivity index (χ3v) is 7.45. The number of rotatable bonds is 11. The molecule has 2 aromatic heterocycles. The summed E-state index contributed by atoms with van der Waals surface area (Å²) < 4.78 is 7.27. The summed E-state index contributed by atoms with van der Waals surface area (Å²) in [6.07, 6.45) is 1.61. The number of hydrogen-bond donors (Lipinski definition) is 1. The maximum Gasteiger partial charge on any atom is 0.252 e. The summed E-state index contributed by atoms with van der Waals surface area (Å²) in [5.41, 5.74) is 6.14. The number of fused-ring (bicyclic) bond motifs is 1. The Morgan fingerprint density at radius 2 is 1.75 bits per heavy atom. The fourth-order valence-electron chi connectivity index (χ4n) is 5.39. The molecule has 0 spiro atoms. The van der Waals surface area contributed by atoms with Crippen LogP contribution in [0.15, 0.2) is 77.6 Å². The molecule has 2 heterocycles. The number of nitrogens with zero attached hydrogens (tertiary/aromatic N) is 5. The molecule has 1 unspecified atom stereocenters. The van der Waals surface area contributed by atoms with Crippen LogP contribution in [0.3, 0.4) is 0 Å². The second kappa shape index (κ2) is 12.3. The number of H-pyrrole nitrogens is 1. The molecular weight excluding hydrogens is 500 g/mol. The molecule has 8 heteroatoms. The third-order valence-electron chi connectivity index (χ3n) is 7.45. The molecule has 5 aromatic rings. The molecule has 40 heavy (non-hydrogen) atoms. The van der Waals surface area contributed by atoms with Gasteiger partial charge in [0.2, 0.25) is 0 Å². The van der Waals surface area contributed by atoms with Gasteiger partial charge in [-0.15, -0.1) is 5.10 Å². The first-order valence-electron chi connectivity index (χ1n) is 13.7. The molecule has 0 amide bonds. The maximum atomic E-state index is 13.3. The molecule has 1 atom stereocenters. The quantitative estimate of drug-likeness (QED) is 0.239. The van der Waals surface area contributed by atoms with Crippen LogP contribution in [-0.2, 0) is 26.1 Å². The van der Waals surface area contributed by atoms with Gasteiger partial charge in [-0.1, -0.05) is 55.5 Å². The van der Waals surface area contributed by atoms with Gasteiger partial charge in [0.25, 0.3) is 5.56 Å². The van der Waals surface area contributed by atoms with Crippen LogP contribution in [0.1, 0.15) is 53.0 Å². The average Bonchev–Trinajstić information content (AvgIpc) is 3.42. The highest BCUT2D eigenvalue weighted by molar-refractivity contribution is 5.83. The lowest BCUT2D eigenvalue weighted by molar-refractivity contribution is 0.160. The third kappa shape index (κ3) is 6.13. The number of hydrogen-bond acceptors (Lipinski definition) is 6. The van der Waals surface area contributed by atoms with E-state index < -0.39 is 0 Å². The Hall–Kier alpha value is -4.30. The van der Waals surface area contributed by atoms with Crippen molar-refractivity contribution in [1.82, 2.24) is 30.1 Å². The van der Waals surface area contributed by atoms with Gasteiger partial charge in [0.15, 0.2) is 5.82 Å². The zero-order valence-corrected chi connectivity index (χ0v) is 23.6. The number of benzene rings is 3. The average molecular weight is 537 g/mol. The van der Waals surface area contributed by atoms with E-state index in [4.69, 9.17) is 4.74 Å². The summed E-state index contributed by atoms with van der Waals surface area (Å²) in [4.78, 5) is 18.7. The van der Waals surface area contributed by atoms with Gasteiger partial charge < -0.3 is 9.72 Å². The van der Waals surface area contributed by atoms with Crippen LogP contribution in [0.4, 0.5) is 0 Å². The Bertz CT molecular complexity index is 1630. The van der Waals surface area contributed by atoms with Crippen LogP contribution in [-0.4, -0.2) is 37.2 Å². The van der Waals surface area contributed by atoms with Crippen LogP contribution in [0.25, 0.3) is 10.9 Å². The lowest BCUT2D eigenvalue weighted by Gasteiger charge is -2.30. The molecule has 0 aliphatic rings. The highest BCUT2D eigenvalue weighted by Crippen LogP contribution is 2.28. The maximum absolute atomic E-state index is 13.3. The number of methoxy groups -OCH3 is 1. The van der Waals surface area contributed by atoms with E-state index in [1.54, 1.807) is 7.11 Å². The highest BCUT2D eigenvalue weighted by atomic mass is 16.5. The van der Waals surface area contributed by atoms with Crippen molar-refractivity contribution in [3.8, 4) is 5.75 Å². The van der Waals surface area contributed by atoms with E-state index in [0.717, 1.165) is 57.6 Å². The first-order chi connectivity index (χ1) is 19.4. The van der Waals surface area contributed by atoms with E-state index in [1.807, 2.05) is 54.1 Å². The van der Waals surface area contributed by atoms with Crippen LogP contribution in [0, 0.1) is 13.8 Å². The molecule has 8 nitrogen and oxygen atoms in total. The van der Waals surface area contributed by atoms with E-state index in [2.05, 4.69) is 69.6 Å². The van der Waals surface area contributed by atoms with Crippen molar-refractivity contribution < 1.29 is 4.74 Å². The molecule has 0 saturated carbocycles. The van der Waals surface area contributed by atoms with Crippen molar-refractivity contribution in [2.75, 3.05) is 7.11 Å². The van der Waals surface area contributed by atoms with Crippen molar-refractivity contribution >= 4 is 10.9 Å². The van der Waals surface area contributed by atoms with Gasteiger partial charge in [0, 0.05) is 36.1 Å². The predicted octanol–water partition coefficient (Wildman–Crippen LogP) is 5.54. The normalized spacial score (nSPS) is 12.2. The fraction of sp³-hybridized carbons (Fsp3) is 0.312. The summed E-state index contributed by atoms with van der Waals surface area (Å²) >= 11 is 0. The Morgan fingerprint density at radius 3 is 2.48 bits per heavy atom. The number of aromatic nitrogens is 5. The van der Waals surface area contributed by atoms with Crippen LogP contribution in [0.5, 0.6) is 5.75 Å². The Morgan fingerprint density at radius 1 is 0.975 bits per heavy atom. The van der Waals surface area contributed by atoms with Crippen LogP contribution >= 0.6 is 0 Å². The number of aryl methyl sites for hydroxylation is 4. The molecular formula is C32H36N6O2. The highest BCUT2D eigenvalue weighted by Gasteiger charge is 2.26. The number of nitrogens with one attached hydrogen (secondary N) is 1. The molecule has 0 bridgehead atoms. The minimum absolute atomic E-state index is 0.0734. The Kier molecular flexibility index (Phi) is 8.36. The number of pyridine rings is 1. The SMILES string of the molecule is CCC(c1nnnn1CCc1ccccc1)N(Cc1ccc(OC)cc1)Cc1cc2c(C)cc(C)cc2[nH]c1=O. The van der Waals surface area contributed by atoms with E-state index in [0.29, 0.717) is 19.6 Å². The molecule has 3 aromatic carbocycles. The second-order valence-corrected chi connectivity index (χ2v) is 10.3. The number of ether oxygens (including phenoxy) is 1. The van der Waals surface area contributed by atoms with Crippen molar-refractivity contribution in [3.05, 3.63) is 117 Å². The van der Waals surface area contributed by atoms with Gasteiger partial charge in [-0.3, -0.25) is 9.69 Å². The number of tetrazole rings is 1. The van der Waals surface area contributed by atoms with E-state index in [-0.39, 0.29) is 11.6 Å².